The normalized spacial score (nSPS) is 10.8. The van der Waals surface area contributed by atoms with Crippen molar-refractivity contribution < 1.29 is 4.84 Å². The van der Waals surface area contributed by atoms with Crippen LogP contribution in [0, 0.1) is 11.3 Å². The maximum Gasteiger partial charge on any atom is 0.106 e. The topological polar surface area (TPSA) is 45.4 Å². The van der Waals surface area contributed by atoms with E-state index in [0.717, 1.165) is 25.0 Å². The predicted octanol–water partition coefficient (Wildman–Crippen LogP) is 2.09. The molecule has 0 saturated carbocycles. The fourth-order valence-electron chi connectivity index (χ4n) is 0.834. The van der Waals surface area contributed by atoms with E-state index in [1.807, 2.05) is 0 Å². The van der Waals surface area contributed by atoms with Crippen LogP contribution in [0.3, 0.4) is 0 Å². The summed E-state index contributed by atoms with van der Waals surface area (Å²) in [5.74, 6) is 0. The Kier molecular flexibility index (Phi) is 6.40. The molecule has 0 spiro atoms. The molecule has 0 unspecified atom stereocenters. The highest BCUT2D eigenvalue weighted by atomic mass is 16.6. The lowest BCUT2D eigenvalue weighted by molar-refractivity contribution is 0.211. The van der Waals surface area contributed by atoms with E-state index in [1.54, 1.807) is 0 Å². The molecule has 3 heteroatoms. The average Bonchev–Trinajstić information content (AvgIpc) is 2.01. The highest BCUT2D eigenvalue weighted by molar-refractivity contribution is 5.84. The summed E-state index contributed by atoms with van der Waals surface area (Å²) in [7, 11) is 1.53. The summed E-state index contributed by atoms with van der Waals surface area (Å²) in [6.45, 7) is 2.08. The molecule has 0 rings (SSSR count). The fourth-order valence-corrected chi connectivity index (χ4v) is 0.834. The van der Waals surface area contributed by atoms with Crippen molar-refractivity contribution in [2.75, 3.05) is 7.11 Å². The molecular formula is C8H14N2O. The van der Waals surface area contributed by atoms with Crippen LogP contribution in [0.4, 0.5) is 0 Å². The second-order valence-corrected chi connectivity index (χ2v) is 2.25. The summed E-state index contributed by atoms with van der Waals surface area (Å²) in [5.41, 5.74) is 0.983. The Bertz CT molecular complexity index is 158. The highest BCUT2D eigenvalue weighted by Crippen LogP contribution is 2.00. The third kappa shape index (κ3) is 5.41. The Morgan fingerprint density at radius 2 is 2.27 bits per heavy atom. The van der Waals surface area contributed by atoms with Gasteiger partial charge in [0, 0.05) is 12.8 Å². The summed E-state index contributed by atoms with van der Waals surface area (Å²) in [6.07, 6.45) is 3.24. The van der Waals surface area contributed by atoms with Gasteiger partial charge in [-0.3, -0.25) is 0 Å². The number of hydrogen-bond donors (Lipinski definition) is 0. The molecule has 0 aromatic rings. The molecule has 0 aliphatic heterocycles. The molecule has 0 fully saturated rings. The van der Waals surface area contributed by atoms with E-state index in [-0.39, 0.29) is 0 Å². The summed E-state index contributed by atoms with van der Waals surface area (Å²) >= 11 is 0. The van der Waals surface area contributed by atoms with Crippen LogP contribution in [0.25, 0.3) is 0 Å². The maximum absolute atomic E-state index is 8.31. The van der Waals surface area contributed by atoms with Crippen molar-refractivity contribution in [1.29, 1.82) is 5.26 Å². The standard InChI is InChI=1S/C8H14N2O/c1-3-5-8(10-11-2)6-4-7-9/h3-6H2,1-2H3. The SMILES string of the molecule is CCCC(CCC#N)=NOC. The number of hydrogen-bond acceptors (Lipinski definition) is 3. The minimum absolute atomic E-state index is 0.530. The van der Waals surface area contributed by atoms with E-state index >= 15 is 0 Å². The largest absolute Gasteiger partial charge is 0.399 e. The number of nitriles is 1. The molecule has 0 saturated heterocycles. The summed E-state index contributed by atoms with van der Waals surface area (Å²) < 4.78 is 0. The van der Waals surface area contributed by atoms with Gasteiger partial charge in [0.1, 0.15) is 7.11 Å². The zero-order valence-electron chi connectivity index (χ0n) is 7.13. The number of nitrogens with zero attached hydrogens (tertiary/aromatic N) is 2. The number of oxime groups is 1. The molecule has 0 amide bonds. The first-order chi connectivity index (χ1) is 5.35. The Hall–Kier alpha value is -1.04. The lowest BCUT2D eigenvalue weighted by atomic mass is 10.1. The molecule has 11 heavy (non-hydrogen) atoms. The van der Waals surface area contributed by atoms with Crippen LogP contribution in [-0.2, 0) is 4.84 Å². The molecule has 0 atom stereocenters. The molecule has 0 aromatic heterocycles. The molecule has 0 aliphatic carbocycles. The first-order valence-corrected chi connectivity index (χ1v) is 3.81. The van der Waals surface area contributed by atoms with Gasteiger partial charge in [0.15, 0.2) is 0 Å². The van der Waals surface area contributed by atoms with E-state index in [9.17, 15) is 0 Å². The Morgan fingerprint density at radius 3 is 2.73 bits per heavy atom. The van der Waals surface area contributed by atoms with Gasteiger partial charge in [0.25, 0.3) is 0 Å². The van der Waals surface area contributed by atoms with Gasteiger partial charge in [-0.2, -0.15) is 5.26 Å². The zero-order valence-corrected chi connectivity index (χ0v) is 7.13. The van der Waals surface area contributed by atoms with Crippen molar-refractivity contribution in [1.82, 2.24) is 0 Å². The summed E-state index contributed by atoms with van der Waals surface area (Å²) in [4.78, 5) is 4.63. The van der Waals surface area contributed by atoms with Crippen LogP contribution < -0.4 is 0 Å². The highest BCUT2D eigenvalue weighted by Gasteiger charge is 1.97. The summed E-state index contributed by atoms with van der Waals surface area (Å²) in [6, 6.07) is 2.08. The van der Waals surface area contributed by atoms with Gasteiger partial charge in [0.05, 0.1) is 11.8 Å². The minimum atomic E-state index is 0.530. The first-order valence-electron chi connectivity index (χ1n) is 3.81. The zero-order chi connectivity index (χ0) is 8.53. The monoisotopic (exact) mass is 154 g/mol. The van der Waals surface area contributed by atoms with Gasteiger partial charge in [0.2, 0.25) is 0 Å². The third-order valence-corrected chi connectivity index (χ3v) is 1.28. The van der Waals surface area contributed by atoms with Crippen molar-refractivity contribution in [2.45, 2.75) is 32.6 Å². The van der Waals surface area contributed by atoms with E-state index in [4.69, 9.17) is 5.26 Å². The average molecular weight is 154 g/mol. The molecule has 0 bridgehead atoms. The van der Waals surface area contributed by atoms with E-state index in [2.05, 4.69) is 23.0 Å². The minimum Gasteiger partial charge on any atom is -0.399 e. The van der Waals surface area contributed by atoms with E-state index < -0.39 is 0 Å². The van der Waals surface area contributed by atoms with Crippen molar-refractivity contribution in [3.63, 3.8) is 0 Å². The van der Waals surface area contributed by atoms with Gasteiger partial charge < -0.3 is 4.84 Å². The van der Waals surface area contributed by atoms with Crippen LogP contribution in [-0.4, -0.2) is 12.8 Å². The molecule has 62 valence electrons. The summed E-state index contributed by atoms with van der Waals surface area (Å²) in [5, 5.41) is 12.1. The van der Waals surface area contributed by atoms with Crippen LogP contribution >= 0.6 is 0 Å². The molecular weight excluding hydrogens is 140 g/mol. The second kappa shape index (κ2) is 7.07. The van der Waals surface area contributed by atoms with Crippen molar-refractivity contribution >= 4 is 5.71 Å². The smallest absolute Gasteiger partial charge is 0.106 e. The molecule has 0 aromatic carbocycles. The van der Waals surface area contributed by atoms with Crippen LogP contribution in [0.2, 0.25) is 0 Å². The number of rotatable bonds is 5. The van der Waals surface area contributed by atoms with Gasteiger partial charge in [-0.25, -0.2) is 0 Å². The predicted molar refractivity (Wildman–Crippen MR) is 44.2 cm³/mol. The molecule has 0 aliphatic rings. The Balaban J connectivity index is 3.71. The molecule has 3 nitrogen and oxygen atoms in total. The van der Waals surface area contributed by atoms with Gasteiger partial charge in [-0.05, 0) is 6.42 Å². The van der Waals surface area contributed by atoms with Crippen molar-refractivity contribution in [3.05, 3.63) is 0 Å². The molecule has 0 radical (unpaired) electrons. The third-order valence-electron chi connectivity index (χ3n) is 1.28. The van der Waals surface area contributed by atoms with Gasteiger partial charge in [-0.15, -0.1) is 0 Å². The van der Waals surface area contributed by atoms with Crippen LogP contribution in [0.1, 0.15) is 32.6 Å². The van der Waals surface area contributed by atoms with Crippen molar-refractivity contribution in [2.24, 2.45) is 5.16 Å². The van der Waals surface area contributed by atoms with Crippen molar-refractivity contribution in [3.8, 4) is 6.07 Å². The Labute approximate surface area is 67.6 Å². The van der Waals surface area contributed by atoms with Crippen LogP contribution in [0.15, 0.2) is 5.16 Å². The lowest BCUT2D eigenvalue weighted by Gasteiger charge is -1.99. The fraction of sp³-hybridized carbons (Fsp3) is 0.750. The lowest BCUT2D eigenvalue weighted by Crippen LogP contribution is -1.97. The van der Waals surface area contributed by atoms with E-state index in [1.165, 1.54) is 7.11 Å². The Morgan fingerprint density at radius 1 is 1.55 bits per heavy atom. The first kappa shape index (κ1) is 9.96. The second-order valence-electron chi connectivity index (χ2n) is 2.25. The quantitative estimate of drug-likeness (QED) is 0.449. The van der Waals surface area contributed by atoms with E-state index in [0.29, 0.717) is 6.42 Å². The van der Waals surface area contributed by atoms with Gasteiger partial charge in [-0.1, -0.05) is 18.5 Å². The molecule has 0 heterocycles. The maximum atomic E-state index is 8.31. The van der Waals surface area contributed by atoms with Gasteiger partial charge >= 0.3 is 0 Å². The molecule has 0 N–H and O–H groups in total. The van der Waals surface area contributed by atoms with Crippen LogP contribution in [0.5, 0.6) is 0 Å².